The summed E-state index contributed by atoms with van der Waals surface area (Å²) in [7, 11) is 0. The summed E-state index contributed by atoms with van der Waals surface area (Å²) in [5.74, 6) is -6.05. The van der Waals surface area contributed by atoms with E-state index in [2.05, 4.69) is 4.74 Å². The van der Waals surface area contributed by atoms with Gasteiger partial charge in [0.15, 0.2) is 17.2 Å². The first-order chi connectivity index (χ1) is 13.1. The molecule has 0 fully saturated rings. The van der Waals surface area contributed by atoms with Gasteiger partial charge in [-0.25, -0.2) is 14.4 Å². The zero-order valence-corrected chi connectivity index (χ0v) is 14.4. The van der Waals surface area contributed by atoms with Gasteiger partial charge in [-0.3, -0.25) is 0 Å². The molecule has 2 aromatic carbocycles. The first-order valence-corrected chi connectivity index (χ1v) is 7.91. The Kier molecular flexibility index (Phi) is 3.52. The van der Waals surface area contributed by atoms with Crippen molar-refractivity contribution >= 4 is 17.9 Å². The lowest BCUT2D eigenvalue weighted by molar-refractivity contribution is -0.0555. The van der Waals surface area contributed by atoms with Gasteiger partial charge in [-0.2, -0.15) is 0 Å². The molecule has 4 N–H and O–H groups in total. The number of esters is 2. The van der Waals surface area contributed by atoms with Crippen molar-refractivity contribution in [3.8, 4) is 28.7 Å². The summed E-state index contributed by atoms with van der Waals surface area (Å²) >= 11 is 0. The van der Waals surface area contributed by atoms with Crippen LogP contribution >= 0.6 is 0 Å². The average Bonchev–Trinajstić information content (AvgIpc) is 2.79. The number of benzene rings is 2. The number of carboxylic acids is 1. The number of aryl methyl sites for hydroxylation is 1. The molecule has 1 unspecified atom stereocenters. The summed E-state index contributed by atoms with van der Waals surface area (Å²) < 4.78 is 15.6. The largest absolute Gasteiger partial charge is 0.507 e. The Labute approximate surface area is 156 Å². The molecular weight excluding hydrogens is 376 g/mol. The number of hydrogen-bond donors (Lipinski definition) is 4. The highest BCUT2D eigenvalue weighted by atomic mass is 16.6. The van der Waals surface area contributed by atoms with Crippen LogP contribution in [-0.2, 0) is 4.74 Å². The van der Waals surface area contributed by atoms with E-state index in [0.717, 1.165) is 6.07 Å². The van der Waals surface area contributed by atoms with Crippen molar-refractivity contribution < 1.29 is 49.0 Å². The minimum absolute atomic E-state index is 0.0558. The molecule has 2 heterocycles. The van der Waals surface area contributed by atoms with Crippen molar-refractivity contribution in [1.29, 1.82) is 0 Å². The lowest BCUT2D eigenvalue weighted by Crippen LogP contribution is -2.12. The molecule has 0 amide bonds. The Morgan fingerprint density at radius 3 is 2.32 bits per heavy atom. The molecule has 0 radical (unpaired) electrons. The summed E-state index contributed by atoms with van der Waals surface area (Å²) in [4.78, 5) is 36.3. The number of cyclic esters (lactones) is 1. The molecule has 0 spiro atoms. The fraction of sp³-hybridized carbons (Fsp3) is 0.167. The number of aliphatic hydroxyl groups excluding tert-OH is 1. The van der Waals surface area contributed by atoms with Gasteiger partial charge in [0.05, 0.1) is 5.56 Å². The number of carbonyl (C=O) groups excluding carboxylic acids is 2. The number of aromatic carboxylic acids is 1. The zero-order chi connectivity index (χ0) is 20.5. The number of fused-ring (bicyclic) bond motifs is 4. The summed E-state index contributed by atoms with van der Waals surface area (Å²) in [5, 5.41) is 39.9. The molecule has 0 bridgehead atoms. The number of rotatable bonds is 1. The number of phenolic OH excluding ortho intramolecular Hbond substituents is 1. The molecule has 10 nitrogen and oxygen atoms in total. The second kappa shape index (κ2) is 5.60. The number of aromatic hydroxyl groups is 2. The van der Waals surface area contributed by atoms with Gasteiger partial charge in [0.2, 0.25) is 6.29 Å². The SMILES string of the molecule is Cc1cc(O)c(C(=O)O)c2c1C(=O)Oc1c(C)c(O)c3c(c1O2)C(O)OC3=O. The number of carboxylic acid groups (broad SMARTS) is 1. The molecule has 0 aromatic heterocycles. The van der Waals surface area contributed by atoms with Crippen LogP contribution in [-0.4, -0.2) is 38.3 Å². The molecule has 0 saturated carbocycles. The van der Waals surface area contributed by atoms with Gasteiger partial charge >= 0.3 is 17.9 Å². The van der Waals surface area contributed by atoms with E-state index in [4.69, 9.17) is 9.47 Å². The second-order valence-electron chi connectivity index (χ2n) is 6.27. The fourth-order valence-electron chi connectivity index (χ4n) is 3.29. The second-order valence-corrected chi connectivity index (χ2v) is 6.27. The molecule has 4 rings (SSSR count). The smallest absolute Gasteiger partial charge is 0.347 e. The van der Waals surface area contributed by atoms with E-state index < -0.39 is 52.6 Å². The van der Waals surface area contributed by atoms with E-state index in [9.17, 15) is 34.8 Å². The van der Waals surface area contributed by atoms with E-state index >= 15 is 0 Å². The monoisotopic (exact) mass is 388 g/mol. The molecular formula is C18H12O10. The Morgan fingerprint density at radius 1 is 1.00 bits per heavy atom. The average molecular weight is 388 g/mol. The zero-order valence-electron chi connectivity index (χ0n) is 14.4. The number of ether oxygens (including phenoxy) is 3. The Hall–Kier alpha value is -3.79. The molecule has 2 aromatic rings. The Bertz CT molecular complexity index is 1110. The van der Waals surface area contributed by atoms with E-state index in [1.807, 2.05) is 0 Å². The van der Waals surface area contributed by atoms with Crippen molar-refractivity contribution in [2.75, 3.05) is 0 Å². The third-order valence-electron chi connectivity index (χ3n) is 4.60. The Morgan fingerprint density at radius 2 is 1.68 bits per heavy atom. The molecule has 2 aliphatic rings. The highest BCUT2D eigenvalue weighted by molar-refractivity contribution is 6.05. The minimum Gasteiger partial charge on any atom is -0.507 e. The summed E-state index contributed by atoms with van der Waals surface area (Å²) in [6.07, 6.45) is -1.84. The van der Waals surface area contributed by atoms with Crippen molar-refractivity contribution in [3.05, 3.63) is 39.4 Å². The quantitative estimate of drug-likeness (QED) is 0.419. The summed E-state index contributed by atoms with van der Waals surface area (Å²) in [5.41, 5.74) is -1.57. The van der Waals surface area contributed by atoms with Gasteiger partial charge in [0, 0.05) is 5.56 Å². The minimum atomic E-state index is -1.84. The van der Waals surface area contributed by atoms with Crippen LogP contribution in [0.2, 0.25) is 0 Å². The highest BCUT2D eigenvalue weighted by Crippen LogP contribution is 2.53. The lowest BCUT2D eigenvalue weighted by Gasteiger charge is -2.16. The van der Waals surface area contributed by atoms with Crippen LogP contribution in [0.4, 0.5) is 0 Å². The third-order valence-corrected chi connectivity index (χ3v) is 4.60. The molecule has 28 heavy (non-hydrogen) atoms. The first-order valence-electron chi connectivity index (χ1n) is 7.91. The van der Waals surface area contributed by atoms with Gasteiger partial charge in [0.1, 0.15) is 28.2 Å². The van der Waals surface area contributed by atoms with Crippen LogP contribution in [0.25, 0.3) is 0 Å². The van der Waals surface area contributed by atoms with Gasteiger partial charge in [-0.05, 0) is 25.5 Å². The standard InChI is InChI=1S/C18H12O10/c1-4-3-6(19)8(15(21)22)13-7(4)16(23)27-12-5(2)11(20)9-10(14(12)26-13)18(25)28-17(9)24/h3,18-20,25H,1-2H3,(H,21,22). The van der Waals surface area contributed by atoms with Crippen molar-refractivity contribution in [3.63, 3.8) is 0 Å². The molecule has 144 valence electrons. The topological polar surface area (TPSA) is 160 Å². The maximum atomic E-state index is 12.7. The first kappa shape index (κ1) is 17.6. The van der Waals surface area contributed by atoms with Crippen LogP contribution in [0, 0.1) is 13.8 Å². The van der Waals surface area contributed by atoms with E-state index in [1.54, 1.807) is 0 Å². The maximum Gasteiger partial charge on any atom is 0.347 e. The Balaban J connectivity index is 2.11. The van der Waals surface area contributed by atoms with Crippen molar-refractivity contribution in [2.45, 2.75) is 20.1 Å². The number of aliphatic hydroxyl groups is 1. The van der Waals surface area contributed by atoms with Gasteiger partial charge in [-0.1, -0.05) is 0 Å². The molecule has 1 atom stereocenters. The predicted octanol–water partition coefficient (Wildman–Crippen LogP) is 1.90. The summed E-state index contributed by atoms with van der Waals surface area (Å²) in [6.45, 7) is 2.77. The summed E-state index contributed by atoms with van der Waals surface area (Å²) in [6, 6.07) is 1.07. The van der Waals surface area contributed by atoms with Gasteiger partial charge in [-0.15, -0.1) is 0 Å². The van der Waals surface area contributed by atoms with Crippen molar-refractivity contribution in [1.82, 2.24) is 0 Å². The van der Waals surface area contributed by atoms with Crippen LogP contribution in [0.1, 0.15) is 54.1 Å². The van der Waals surface area contributed by atoms with Gasteiger partial charge in [0.25, 0.3) is 0 Å². The maximum absolute atomic E-state index is 12.7. The number of hydrogen-bond acceptors (Lipinski definition) is 9. The predicted molar refractivity (Wildman–Crippen MR) is 88.1 cm³/mol. The van der Waals surface area contributed by atoms with E-state index in [1.165, 1.54) is 13.8 Å². The van der Waals surface area contributed by atoms with Crippen LogP contribution in [0.15, 0.2) is 6.07 Å². The van der Waals surface area contributed by atoms with Gasteiger partial charge < -0.3 is 34.6 Å². The van der Waals surface area contributed by atoms with E-state index in [0.29, 0.717) is 0 Å². The fourth-order valence-corrected chi connectivity index (χ4v) is 3.29. The molecule has 0 saturated heterocycles. The number of phenols is 2. The van der Waals surface area contributed by atoms with E-state index in [-0.39, 0.29) is 33.8 Å². The molecule has 2 aliphatic heterocycles. The van der Waals surface area contributed by atoms with Crippen LogP contribution in [0.3, 0.4) is 0 Å². The van der Waals surface area contributed by atoms with Crippen LogP contribution in [0.5, 0.6) is 28.7 Å². The number of carbonyl (C=O) groups is 3. The lowest BCUT2D eigenvalue weighted by atomic mass is 10.0. The molecule has 10 heteroatoms. The highest BCUT2D eigenvalue weighted by Gasteiger charge is 2.43. The molecule has 0 aliphatic carbocycles. The third kappa shape index (κ3) is 2.15. The van der Waals surface area contributed by atoms with Crippen molar-refractivity contribution in [2.24, 2.45) is 0 Å². The van der Waals surface area contributed by atoms with Crippen LogP contribution < -0.4 is 9.47 Å². The normalized spacial score (nSPS) is 16.9.